The molecule has 1 saturated carbocycles. The van der Waals surface area contributed by atoms with Crippen molar-refractivity contribution in [3.8, 4) is 0 Å². The lowest BCUT2D eigenvalue weighted by Crippen LogP contribution is -2.57. The highest BCUT2D eigenvalue weighted by Crippen LogP contribution is 2.57. The molecule has 198 valence electrons. The Bertz CT molecular complexity index is 1450. The lowest BCUT2D eigenvalue weighted by atomic mass is 9.52. The topological polar surface area (TPSA) is 98.0 Å². The zero-order valence-electron chi connectivity index (χ0n) is 22.3. The first-order chi connectivity index (χ1) is 18.2. The molecule has 1 aliphatic carbocycles. The van der Waals surface area contributed by atoms with Gasteiger partial charge in [-0.3, -0.25) is 9.59 Å². The van der Waals surface area contributed by atoms with Crippen LogP contribution in [0.2, 0.25) is 0 Å². The van der Waals surface area contributed by atoms with Crippen molar-refractivity contribution >= 4 is 22.6 Å². The Balaban J connectivity index is 1.51. The van der Waals surface area contributed by atoms with Gasteiger partial charge in [0.1, 0.15) is 5.41 Å². The summed E-state index contributed by atoms with van der Waals surface area (Å²) in [7, 11) is 0. The molecule has 4 heterocycles. The molecule has 1 spiro atoms. The first-order valence-electron chi connectivity index (χ1n) is 13.9. The molecule has 6 heteroatoms. The quantitative estimate of drug-likeness (QED) is 0.361. The number of hydrogen-bond acceptors (Lipinski definition) is 3. The van der Waals surface area contributed by atoms with Gasteiger partial charge in [0, 0.05) is 46.6 Å². The van der Waals surface area contributed by atoms with Gasteiger partial charge in [-0.15, -0.1) is 0 Å². The number of fused-ring (bicyclic) bond motifs is 3. The zero-order valence-corrected chi connectivity index (χ0v) is 22.3. The molecule has 3 aliphatic rings. The van der Waals surface area contributed by atoms with Gasteiger partial charge in [0.2, 0.25) is 5.91 Å². The van der Waals surface area contributed by atoms with E-state index in [2.05, 4.69) is 53.9 Å². The molecule has 4 N–H and O–H groups in total. The Morgan fingerprint density at radius 1 is 1.11 bits per heavy atom. The Morgan fingerprint density at radius 3 is 2.71 bits per heavy atom. The maximum atomic E-state index is 14.3. The summed E-state index contributed by atoms with van der Waals surface area (Å²) in [6.07, 6.45) is 7.55. The van der Waals surface area contributed by atoms with Crippen molar-refractivity contribution in [3.05, 3.63) is 83.9 Å². The van der Waals surface area contributed by atoms with Crippen molar-refractivity contribution in [1.82, 2.24) is 15.3 Å². The van der Waals surface area contributed by atoms with E-state index < -0.39 is 17.4 Å². The molecule has 1 amide bonds. The fourth-order valence-corrected chi connectivity index (χ4v) is 7.71. The number of aliphatic hydroxyl groups excluding tert-OH is 1. The molecule has 0 radical (unpaired) electrons. The third kappa shape index (κ3) is 3.57. The van der Waals surface area contributed by atoms with Crippen LogP contribution in [0.3, 0.4) is 0 Å². The van der Waals surface area contributed by atoms with Crippen molar-refractivity contribution in [1.29, 1.82) is 0 Å². The highest BCUT2D eigenvalue weighted by molar-refractivity contribution is 5.97. The normalized spacial score (nSPS) is 35.4. The molecular formula is C32H37N3O3. The molecule has 6 nitrogen and oxygen atoms in total. The van der Waals surface area contributed by atoms with Crippen LogP contribution in [-0.4, -0.2) is 38.9 Å². The van der Waals surface area contributed by atoms with Crippen LogP contribution < -0.4 is 5.32 Å². The predicted molar refractivity (Wildman–Crippen MR) is 149 cm³/mol. The first-order valence-corrected chi connectivity index (χ1v) is 13.9. The van der Waals surface area contributed by atoms with E-state index in [0.717, 1.165) is 34.9 Å². The Kier molecular flexibility index (Phi) is 5.98. The number of aromatic amines is 2. The number of amides is 1. The molecular weight excluding hydrogens is 474 g/mol. The molecule has 38 heavy (non-hydrogen) atoms. The summed E-state index contributed by atoms with van der Waals surface area (Å²) < 4.78 is 0. The van der Waals surface area contributed by atoms with Crippen LogP contribution in [0, 0.1) is 29.6 Å². The molecule has 2 fully saturated rings. The molecule has 0 unspecified atom stereocenters. The van der Waals surface area contributed by atoms with E-state index in [1.165, 1.54) is 0 Å². The van der Waals surface area contributed by atoms with Crippen LogP contribution >= 0.6 is 0 Å². The summed E-state index contributed by atoms with van der Waals surface area (Å²) in [5.41, 5.74) is 3.18. The number of allylic oxidation sites excluding steroid dienone is 1. The van der Waals surface area contributed by atoms with Crippen LogP contribution in [0.4, 0.5) is 0 Å². The average molecular weight is 512 g/mol. The van der Waals surface area contributed by atoms with Crippen LogP contribution in [-0.2, 0) is 16.6 Å². The van der Waals surface area contributed by atoms with Gasteiger partial charge in [-0.2, -0.15) is 0 Å². The maximum absolute atomic E-state index is 14.3. The van der Waals surface area contributed by atoms with Crippen molar-refractivity contribution in [2.75, 3.05) is 0 Å². The van der Waals surface area contributed by atoms with E-state index in [0.29, 0.717) is 23.7 Å². The Hall–Kier alpha value is -3.38. The summed E-state index contributed by atoms with van der Waals surface area (Å²) in [6.45, 7) is 10.5. The van der Waals surface area contributed by atoms with Gasteiger partial charge in [0.05, 0.1) is 11.8 Å². The van der Waals surface area contributed by atoms with E-state index in [1.807, 2.05) is 43.5 Å². The fraction of sp³-hybridized carbons (Fsp3) is 0.438. The number of rotatable bonds is 2. The molecule has 6 rings (SSSR count). The second kappa shape index (κ2) is 9.12. The number of Topliss-reactive ketones (excluding diaryl/α,β-unsaturated/α-hetero) is 1. The van der Waals surface area contributed by atoms with E-state index in [4.69, 9.17) is 0 Å². The van der Waals surface area contributed by atoms with Gasteiger partial charge in [-0.05, 0) is 60.4 Å². The fourth-order valence-electron chi connectivity index (χ4n) is 7.71. The van der Waals surface area contributed by atoms with Gasteiger partial charge in [-0.25, -0.2) is 0 Å². The Morgan fingerprint density at radius 2 is 1.89 bits per heavy atom. The molecule has 1 saturated heterocycles. The zero-order chi connectivity index (χ0) is 26.8. The van der Waals surface area contributed by atoms with Crippen LogP contribution in [0.25, 0.3) is 10.9 Å². The van der Waals surface area contributed by atoms with Crippen LogP contribution in [0.1, 0.15) is 55.4 Å². The number of hydrogen-bond donors (Lipinski definition) is 4. The number of aromatic nitrogens is 2. The Labute approximate surface area is 223 Å². The summed E-state index contributed by atoms with van der Waals surface area (Å²) in [6, 6.07) is 11.8. The predicted octanol–water partition coefficient (Wildman–Crippen LogP) is 5.08. The standard InChI is InChI=1S/C32H37N3O3/c1-17-8-7-10-23-30(37)20(4)19(3)28-26(15-21-16-33-24-11-6-5-9-22(21)24)35-31(38)32(23,28)27-13-12-25(34-27)29(36)18(2)14-17/h5-7,9-13,16-19,23,26,28,30,33-34,37H,4,8,14-15H2,1-3H3,(H,35,38)/t17-,18-,19+,23-,26-,28-,30+,32+/m0/s1. The van der Waals surface area contributed by atoms with Crippen molar-refractivity contribution < 1.29 is 14.7 Å². The minimum absolute atomic E-state index is 0.0692. The number of H-pyrrole nitrogens is 2. The second-order valence-corrected chi connectivity index (χ2v) is 11.9. The molecule has 1 aromatic carbocycles. The van der Waals surface area contributed by atoms with Crippen LogP contribution in [0.5, 0.6) is 0 Å². The van der Waals surface area contributed by atoms with E-state index >= 15 is 0 Å². The monoisotopic (exact) mass is 511 g/mol. The van der Waals surface area contributed by atoms with Crippen LogP contribution in [0.15, 0.2) is 66.9 Å². The number of carbonyl (C=O) groups excluding carboxylic acids is 2. The number of para-hydroxylation sites is 1. The summed E-state index contributed by atoms with van der Waals surface area (Å²) in [5, 5.41) is 16.1. The highest BCUT2D eigenvalue weighted by Gasteiger charge is 2.66. The second-order valence-electron chi connectivity index (χ2n) is 11.9. The van der Waals surface area contributed by atoms with Gasteiger partial charge >= 0.3 is 0 Å². The van der Waals surface area contributed by atoms with Gasteiger partial charge in [0.15, 0.2) is 5.78 Å². The number of aliphatic hydroxyl groups is 1. The minimum atomic E-state index is -1.04. The van der Waals surface area contributed by atoms with Gasteiger partial charge in [-0.1, -0.05) is 57.7 Å². The van der Waals surface area contributed by atoms with Crippen molar-refractivity contribution in [3.63, 3.8) is 0 Å². The molecule has 2 aliphatic heterocycles. The summed E-state index contributed by atoms with van der Waals surface area (Å²) in [4.78, 5) is 34.4. The largest absolute Gasteiger partial charge is 0.388 e. The highest BCUT2D eigenvalue weighted by atomic mass is 16.3. The molecule has 8 atom stereocenters. The minimum Gasteiger partial charge on any atom is -0.388 e. The number of nitrogens with one attached hydrogen (secondary N) is 3. The lowest BCUT2D eigenvalue weighted by Gasteiger charge is -2.50. The summed E-state index contributed by atoms with van der Waals surface area (Å²) in [5.74, 6) is -0.601. The van der Waals surface area contributed by atoms with Gasteiger partial charge < -0.3 is 20.4 Å². The third-order valence-electron chi connectivity index (χ3n) is 9.62. The first kappa shape index (κ1) is 24.9. The molecule has 3 aromatic rings. The van der Waals surface area contributed by atoms with E-state index in [1.54, 1.807) is 0 Å². The SMILES string of the molecule is C=C1[C@@H](C)[C@H]2[C@H](Cc3c[nH]c4ccccc34)NC(=O)[C@]23c2ccc([nH]2)C(=O)[C@@H](C)C[C@@H](C)CC=C[C@H]3[C@@H]1O. The summed E-state index contributed by atoms with van der Waals surface area (Å²) >= 11 is 0. The van der Waals surface area contributed by atoms with E-state index in [-0.39, 0.29) is 35.5 Å². The smallest absolute Gasteiger partial charge is 0.233 e. The number of carbonyl (C=O) groups is 2. The molecule has 2 bridgehead atoms. The lowest BCUT2D eigenvalue weighted by molar-refractivity contribution is -0.129. The average Bonchev–Trinajstić information content (AvgIpc) is 3.61. The van der Waals surface area contributed by atoms with Gasteiger partial charge in [0.25, 0.3) is 0 Å². The third-order valence-corrected chi connectivity index (χ3v) is 9.62. The number of benzene rings is 1. The molecule has 2 aromatic heterocycles. The van der Waals surface area contributed by atoms with Crippen molar-refractivity contribution in [2.24, 2.45) is 29.6 Å². The number of ketones is 1. The maximum Gasteiger partial charge on any atom is 0.233 e. The van der Waals surface area contributed by atoms with E-state index in [9.17, 15) is 14.7 Å². The van der Waals surface area contributed by atoms with Crippen molar-refractivity contribution in [2.45, 2.75) is 57.6 Å².